The van der Waals surface area contributed by atoms with Crippen LogP contribution in [-0.4, -0.2) is 22.8 Å². The Labute approximate surface area is 157 Å². The number of fused-ring (bicyclic) bond motifs is 1. The Morgan fingerprint density at radius 2 is 2.19 bits per heavy atom. The second-order valence-electron chi connectivity index (χ2n) is 7.30. The molecule has 0 bridgehead atoms. The zero-order chi connectivity index (χ0) is 18.1. The lowest BCUT2D eigenvalue weighted by molar-refractivity contribution is -0.123. The van der Waals surface area contributed by atoms with Crippen LogP contribution in [0.1, 0.15) is 43.2 Å². The molecule has 1 aromatic heterocycles. The third-order valence-electron chi connectivity index (χ3n) is 5.42. The summed E-state index contributed by atoms with van der Waals surface area (Å²) in [5.41, 5.74) is 3.01. The zero-order valence-corrected chi connectivity index (χ0v) is 15.7. The van der Waals surface area contributed by atoms with Crippen LogP contribution in [0.2, 0.25) is 0 Å². The highest BCUT2D eigenvalue weighted by molar-refractivity contribution is 7.13. The molecule has 2 amide bonds. The summed E-state index contributed by atoms with van der Waals surface area (Å²) in [5, 5.41) is 5.33. The predicted molar refractivity (Wildman–Crippen MR) is 103 cm³/mol. The summed E-state index contributed by atoms with van der Waals surface area (Å²) in [6.45, 7) is 2.02. The minimum absolute atomic E-state index is 0.0166. The number of aromatic nitrogens is 1. The first-order valence-electron chi connectivity index (χ1n) is 9.24. The van der Waals surface area contributed by atoms with Crippen LogP contribution in [-0.2, 0) is 16.0 Å². The van der Waals surface area contributed by atoms with Gasteiger partial charge in [0.05, 0.1) is 6.42 Å². The maximum atomic E-state index is 13.1. The van der Waals surface area contributed by atoms with E-state index in [1.807, 2.05) is 30.5 Å². The average Bonchev–Trinajstić information content (AvgIpc) is 3.34. The fourth-order valence-electron chi connectivity index (χ4n) is 4.14. The van der Waals surface area contributed by atoms with Gasteiger partial charge in [0.1, 0.15) is 6.04 Å². The molecule has 1 aliphatic heterocycles. The highest BCUT2D eigenvalue weighted by Gasteiger charge is 2.38. The summed E-state index contributed by atoms with van der Waals surface area (Å²) in [6, 6.07) is 5.58. The molecule has 1 aromatic carbocycles. The highest BCUT2D eigenvalue weighted by Crippen LogP contribution is 2.36. The fourth-order valence-corrected chi connectivity index (χ4v) is 4.67. The van der Waals surface area contributed by atoms with Crippen molar-refractivity contribution in [2.45, 2.75) is 51.5 Å². The highest BCUT2D eigenvalue weighted by atomic mass is 32.1. The number of nitrogens with one attached hydrogen (secondary N) is 1. The number of benzene rings is 1. The Bertz CT molecular complexity index is 812. The standard InChI is InChI=1S/C20H23N3O2S/c1-13-6-7-15-12-18(24)23(16(15)10-13)17(11-14-4-2-3-5-14)19(25)22-20-21-8-9-26-20/h6-10,14,17H,2-5,11-12H2,1H3,(H,21,22,25). The lowest BCUT2D eigenvalue weighted by Gasteiger charge is -2.29. The minimum atomic E-state index is -0.474. The van der Waals surface area contributed by atoms with Gasteiger partial charge in [0.2, 0.25) is 11.8 Å². The van der Waals surface area contributed by atoms with Gasteiger partial charge in [-0.2, -0.15) is 0 Å². The summed E-state index contributed by atoms with van der Waals surface area (Å²) in [7, 11) is 0. The Balaban J connectivity index is 1.64. The summed E-state index contributed by atoms with van der Waals surface area (Å²) in [5.74, 6) is 0.390. The number of carbonyl (C=O) groups is 2. The summed E-state index contributed by atoms with van der Waals surface area (Å²) in [6.07, 6.45) is 7.49. The van der Waals surface area contributed by atoms with E-state index in [1.165, 1.54) is 24.2 Å². The number of aryl methyl sites for hydroxylation is 1. The van der Waals surface area contributed by atoms with Crippen LogP contribution < -0.4 is 10.2 Å². The minimum Gasteiger partial charge on any atom is -0.300 e. The molecule has 1 aliphatic carbocycles. The van der Waals surface area contributed by atoms with Crippen molar-refractivity contribution in [3.63, 3.8) is 0 Å². The van der Waals surface area contributed by atoms with E-state index in [4.69, 9.17) is 0 Å². The zero-order valence-electron chi connectivity index (χ0n) is 14.9. The van der Waals surface area contributed by atoms with Crippen molar-refractivity contribution in [3.05, 3.63) is 40.9 Å². The Morgan fingerprint density at radius 1 is 1.38 bits per heavy atom. The molecule has 1 atom stereocenters. The number of amides is 2. The number of nitrogens with zero attached hydrogens (tertiary/aromatic N) is 2. The number of carbonyl (C=O) groups excluding carboxylic acids is 2. The monoisotopic (exact) mass is 369 g/mol. The molecule has 2 aromatic rings. The quantitative estimate of drug-likeness (QED) is 0.869. The largest absolute Gasteiger partial charge is 0.300 e. The Hall–Kier alpha value is -2.21. The third-order valence-corrected chi connectivity index (χ3v) is 6.11. The smallest absolute Gasteiger partial charge is 0.249 e. The van der Waals surface area contributed by atoms with Gasteiger partial charge in [-0.3, -0.25) is 14.5 Å². The van der Waals surface area contributed by atoms with Crippen LogP contribution >= 0.6 is 11.3 Å². The molecule has 1 saturated carbocycles. The molecule has 2 heterocycles. The number of hydrogen-bond donors (Lipinski definition) is 1. The normalized spacial score (nSPS) is 18.2. The van der Waals surface area contributed by atoms with Crippen molar-refractivity contribution in [3.8, 4) is 0 Å². The molecule has 0 spiro atoms. The Morgan fingerprint density at radius 3 is 2.92 bits per heavy atom. The Kier molecular flexibility index (Phi) is 4.76. The summed E-state index contributed by atoms with van der Waals surface area (Å²) < 4.78 is 0. The van der Waals surface area contributed by atoms with Gasteiger partial charge in [0.25, 0.3) is 0 Å². The number of hydrogen-bond acceptors (Lipinski definition) is 4. The number of anilines is 2. The van der Waals surface area contributed by atoms with Crippen molar-refractivity contribution in [1.82, 2.24) is 4.98 Å². The molecule has 0 saturated heterocycles. The van der Waals surface area contributed by atoms with E-state index in [1.54, 1.807) is 11.1 Å². The van der Waals surface area contributed by atoms with E-state index < -0.39 is 6.04 Å². The summed E-state index contributed by atoms with van der Waals surface area (Å²) in [4.78, 5) is 31.8. The van der Waals surface area contributed by atoms with Gasteiger partial charge in [-0.25, -0.2) is 4.98 Å². The fraction of sp³-hybridized carbons (Fsp3) is 0.450. The van der Waals surface area contributed by atoms with Crippen LogP contribution in [0.3, 0.4) is 0 Å². The van der Waals surface area contributed by atoms with Crippen molar-refractivity contribution < 1.29 is 9.59 Å². The first-order chi connectivity index (χ1) is 12.6. The topological polar surface area (TPSA) is 62.3 Å². The van der Waals surface area contributed by atoms with Gasteiger partial charge in [-0.15, -0.1) is 11.3 Å². The maximum Gasteiger partial charge on any atom is 0.249 e. The van der Waals surface area contributed by atoms with Crippen LogP contribution in [0, 0.1) is 12.8 Å². The van der Waals surface area contributed by atoms with Gasteiger partial charge in [0, 0.05) is 17.3 Å². The predicted octanol–water partition coefficient (Wildman–Crippen LogP) is 3.93. The molecule has 4 rings (SSSR count). The van der Waals surface area contributed by atoms with Crippen LogP contribution in [0.5, 0.6) is 0 Å². The molecule has 136 valence electrons. The molecular formula is C20H23N3O2S. The van der Waals surface area contributed by atoms with Crippen LogP contribution in [0.4, 0.5) is 10.8 Å². The van der Waals surface area contributed by atoms with E-state index in [-0.39, 0.29) is 11.8 Å². The van der Waals surface area contributed by atoms with E-state index in [0.717, 1.165) is 36.1 Å². The van der Waals surface area contributed by atoms with E-state index in [2.05, 4.69) is 10.3 Å². The molecule has 26 heavy (non-hydrogen) atoms. The van der Waals surface area contributed by atoms with Crippen molar-refractivity contribution in [2.24, 2.45) is 5.92 Å². The number of thiazole rings is 1. The van der Waals surface area contributed by atoms with Crippen LogP contribution in [0.15, 0.2) is 29.8 Å². The van der Waals surface area contributed by atoms with Crippen molar-refractivity contribution in [1.29, 1.82) is 0 Å². The van der Waals surface area contributed by atoms with Gasteiger partial charge < -0.3 is 5.32 Å². The third kappa shape index (κ3) is 3.38. The van der Waals surface area contributed by atoms with Crippen molar-refractivity contribution >= 4 is 34.0 Å². The molecule has 0 radical (unpaired) electrons. The maximum absolute atomic E-state index is 13.1. The molecule has 1 fully saturated rings. The second kappa shape index (κ2) is 7.19. The molecule has 6 heteroatoms. The molecule has 1 unspecified atom stereocenters. The average molecular weight is 369 g/mol. The van der Waals surface area contributed by atoms with Gasteiger partial charge in [-0.05, 0) is 36.5 Å². The summed E-state index contributed by atoms with van der Waals surface area (Å²) >= 11 is 1.40. The molecule has 5 nitrogen and oxygen atoms in total. The molecule has 2 aliphatic rings. The first kappa shape index (κ1) is 17.2. The van der Waals surface area contributed by atoms with E-state index in [0.29, 0.717) is 17.5 Å². The lowest BCUT2D eigenvalue weighted by atomic mass is 9.96. The molecule has 1 N–H and O–H groups in total. The van der Waals surface area contributed by atoms with Gasteiger partial charge in [-0.1, -0.05) is 37.8 Å². The van der Waals surface area contributed by atoms with Crippen molar-refractivity contribution in [2.75, 3.05) is 10.2 Å². The molecular weight excluding hydrogens is 346 g/mol. The SMILES string of the molecule is Cc1ccc2c(c1)N(C(CC1CCCC1)C(=O)Nc1nccs1)C(=O)C2. The van der Waals surface area contributed by atoms with E-state index >= 15 is 0 Å². The van der Waals surface area contributed by atoms with Crippen LogP contribution in [0.25, 0.3) is 0 Å². The lowest BCUT2D eigenvalue weighted by Crippen LogP contribution is -2.47. The first-order valence-corrected chi connectivity index (χ1v) is 10.1. The number of rotatable bonds is 5. The van der Waals surface area contributed by atoms with E-state index in [9.17, 15) is 9.59 Å². The second-order valence-corrected chi connectivity index (χ2v) is 8.20. The van der Waals surface area contributed by atoms with Gasteiger partial charge >= 0.3 is 0 Å². The van der Waals surface area contributed by atoms with Gasteiger partial charge in [0.15, 0.2) is 5.13 Å².